The van der Waals surface area contributed by atoms with Gasteiger partial charge in [0, 0.05) is 11.8 Å². The third kappa shape index (κ3) is 6.27. The predicted octanol–water partition coefficient (Wildman–Crippen LogP) is 1.68. The SMILES string of the molecule is CC(C)(C)OC(=O)CNC(=O)c1c(O)c2c(n(Cc3ccn(C(=O)OC(C)(C)C)n3)c1=O)COC2. The van der Waals surface area contributed by atoms with Crippen molar-refractivity contribution < 1.29 is 33.7 Å². The third-order valence-electron chi connectivity index (χ3n) is 4.73. The summed E-state index contributed by atoms with van der Waals surface area (Å²) in [6.45, 7) is 9.70. The zero-order chi connectivity index (χ0) is 26.1. The molecular formula is C23H30N4O8. The normalized spacial score (nSPS) is 13.3. The average Bonchev–Trinajstić information content (AvgIpc) is 3.37. The highest BCUT2D eigenvalue weighted by Gasteiger charge is 2.30. The van der Waals surface area contributed by atoms with Crippen molar-refractivity contribution in [3.05, 3.63) is 45.1 Å². The van der Waals surface area contributed by atoms with Crippen LogP contribution in [0.25, 0.3) is 0 Å². The largest absolute Gasteiger partial charge is 0.506 e. The molecule has 0 radical (unpaired) electrons. The number of amides is 1. The molecule has 0 atom stereocenters. The molecule has 0 aromatic carbocycles. The molecule has 3 rings (SSSR count). The molecule has 1 aliphatic rings. The zero-order valence-corrected chi connectivity index (χ0v) is 20.6. The summed E-state index contributed by atoms with van der Waals surface area (Å²) in [4.78, 5) is 50.2. The lowest BCUT2D eigenvalue weighted by atomic mass is 10.1. The first-order valence-electron chi connectivity index (χ1n) is 11.0. The number of aromatic nitrogens is 3. The number of carbonyl (C=O) groups is 3. The smallest absolute Gasteiger partial charge is 0.435 e. The van der Waals surface area contributed by atoms with Crippen LogP contribution in [-0.4, -0.2) is 55.2 Å². The van der Waals surface area contributed by atoms with Crippen LogP contribution in [0.1, 0.15) is 68.9 Å². The van der Waals surface area contributed by atoms with Crippen molar-refractivity contribution in [3.63, 3.8) is 0 Å². The summed E-state index contributed by atoms with van der Waals surface area (Å²) < 4.78 is 18.1. The van der Waals surface area contributed by atoms with Gasteiger partial charge in [0.2, 0.25) is 0 Å². The summed E-state index contributed by atoms with van der Waals surface area (Å²) >= 11 is 0. The second-order valence-electron chi connectivity index (χ2n) is 10.0. The average molecular weight is 491 g/mol. The van der Waals surface area contributed by atoms with E-state index in [-0.39, 0.29) is 19.8 Å². The minimum absolute atomic E-state index is 0.000140. The number of carbonyl (C=O) groups excluding carboxylic acids is 3. The van der Waals surface area contributed by atoms with Gasteiger partial charge in [-0.1, -0.05) is 0 Å². The van der Waals surface area contributed by atoms with Crippen LogP contribution in [0.4, 0.5) is 4.79 Å². The van der Waals surface area contributed by atoms with Crippen LogP contribution in [0.5, 0.6) is 5.75 Å². The third-order valence-corrected chi connectivity index (χ3v) is 4.73. The summed E-state index contributed by atoms with van der Waals surface area (Å²) in [6, 6.07) is 1.54. The summed E-state index contributed by atoms with van der Waals surface area (Å²) in [5.41, 5.74) is -1.75. The topological polar surface area (TPSA) is 151 Å². The highest BCUT2D eigenvalue weighted by Crippen LogP contribution is 2.30. The molecule has 2 aromatic heterocycles. The van der Waals surface area contributed by atoms with E-state index >= 15 is 0 Å². The van der Waals surface area contributed by atoms with Gasteiger partial charge in [0.1, 0.15) is 29.1 Å². The molecule has 12 heteroatoms. The van der Waals surface area contributed by atoms with Gasteiger partial charge in [-0.25, -0.2) is 4.79 Å². The number of aromatic hydroxyl groups is 1. The van der Waals surface area contributed by atoms with Crippen molar-refractivity contribution in [2.24, 2.45) is 0 Å². The number of esters is 1. The molecule has 0 fully saturated rings. The van der Waals surface area contributed by atoms with Crippen LogP contribution < -0.4 is 10.9 Å². The minimum Gasteiger partial charge on any atom is -0.506 e. The molecule has 1 amide bonds. The lowest BCUT2D eigenvalue weighted by Crippen LogP contribution is -2.39. The molecule has 0 saturated carbocycles. The Labute approximate surface area is 201 Å². The van der Waals surface area contributed by atoms with Crippen LogP contribution in [0.15, 0.2) is 17.1 Å². The lowest BCUT2D eigenvalue weighted by molar-refractivity contribution is -0.153. The maximum absolute atomic E-state index is 13.2. The molecule has 0 saturated heterocycles. The number of nitrogens with zero attached hydrogens (tertiary/aromatic N) is 3. The van der Waals surface area contributed by atoms with Gasteiger partial charge in [-0.2, -0.15) is 9.78 Å². The predicted molar refractivity (Wildman–Crippen MR) is 122 cm³/mol. The molecule has 35 heavy (non-hydrogen) atoms. The second kappa shape index (κ2) is 9.53. The molecule has 3 heterocycles. The van der Waals surface area contributed by atoms with Crippen molar-refractivity contribution in [3.8, 4) is 5.75 Å². The van der Waals surface area contributed by atoms with Crippen LogP contribution in [0.3, 0.4) is 0 Å². The van der Waals surface area contributed by atoms with E-state index in [9.17, 15) is 24.3 Å². The molecule has 12 nitrogen and oxygen atoms in total. The van der Waals surface area contributed by atoms with Gasteiger partial charge < -0.3 is 29.2 Å². The van der Waals surface area contributed by atoms with Crippen molar-refractivity contribution in [1.29, 1.82) is 0 Å². The first-order valence-corrected chi connectivity index (χ1v) is 11.0. The van der Waals surface area contributed by atoms with E-state index < -0.39 is 52.6 Å². The number of nitrogens with one attached hydrogen (secondary N) is 1. The number of pyridine rings is 1. The summed E-state index contributed by atoms with van der Waals surface area (Å²) in [5, 5.41) is 17.1. The van der Waals surface area contributed by atoms with Crippen molar-refractivity contribution >= 4 is 18.0 Å². The van der Waals surface area contributed by atoms with Gasteiger partial charge in [0.15, 0.2) is 0 Å². The first kappa shape index (κ1) is 25.9. The zero-order valence-electron chi connectivity index (χ0n) is 20.6. The van der Waals surface area contributed by atoms with Crippen molar-refractivity contribution in [2.45, 2.75) is 72.5 Å². The maximum Gasteiger partial charge on any atom is 0.435 e. The van der Waals surface area contributed by atoms with E-state index in [1.54, 1.807) is 41.5 Å². The van der Waals surface area contributed by atoms with Gasteiger partial charge in [0.25, 0.3) is 11.5 Å². The molecule has 0 unspecified atom stereocenters. The molecule has 1 aliphatic heterocycles. The number of rotatable bonds is 5. The molecule has 2 N–H and O–H groups in total. The van der Waals surface area contributed by atoms with Crippen molar-refractivity contribution in [2.75, 3.05) is 6.54 Å². The fraction of sp³-hybridized carbons (Fsp3) is 0.522. The highest BCUT2D eigenvalue weighted by atomic mass is 16.6. The van der Waals surface area contributed by atoms with Crippen LogP contribution in [0.2, 0.25) is 0 Å². The Morgan fingerprint density at radius 2 is 1.77 bits per heavy atom. The fourth-order valence-corrected chi connectivity index (χ4v) is 3.38. The first-order chi connectivity index (χ1) is 16.2. The Hall–Kier alpha value is -3.67. The number of hydrogen-bond acceptors (Lipinski definition) is 9. The molecule has 0 bridgehead atoms. The van der Waals surface area contributed by atoms with Crippen molar-refractivity contribution in [1.82, 2.24) is 19.7 Å². The van der Waals surface area contributed by atoms with E-state index in [2.05, 4.69) is 10.4 Å². The van der Waals surface area contributed by atoms with Gasteiger partial charge in [-0.3, -0.25) is 14.4 Å². The number of ether oxygens (including phenoxy) is 3. The molecular weight excluding hydrogens is 460 g/mol. The summed E-state index contributed by atoms with van der Waals surface area (Å²) in [6.07, 6.45) is 0.720. The van der Waals surface area contributed by atoms with E-state index in [4.69, 9.17) is 14.2 Å². The van der Waals surface area contributed by atoms with E-state index in [0.717, 1.165) is 4.68 Å². The Morgan fingerprint density at radius 3 is 2.40 bits per heavy atom. The fourth-order valence-electron chi connectivity index (χ4n) is 3.38. The van der Waals surface area contributed by atoms with E-state index in [1.165, 1.54) is 16.8 Å². The van der Waals surface area contributed by atoms with Gasteiger partial charge >= 0.3 is 12.1 Å². The van der Waals surface area contributed by atoms with Gasteiger partial charge in [-0.05, 0) is 47.6 Å². The standard InChI is InChI=1S/C23H30N4O8/c1-22(2,3)34-16(28)9-24-19(30)17-18(29)14-11-33-12-15(14)26(20(17)31)10-13-7-8-27(25-13)21(32)35-23(4,5)6/h7-8,29H,9-12H2,1-6H3,(H,24,30). The van der Waals surface area contributed by atoms with Crippen LogP contribution in [-0.2, 0) is 38.8 Å². The Balaban J connectivity index is 1.88. The Bertz CT molecular complexity index is 1210. The summed E-state index contributed by atoms with van der Waals surface area (Å²) in [5.74, 6) is -2.12. The van der Waals surface area contributed by atoms with Crippen LogP contribution >= 0.6 is 0 Å². The van der Waals surface area contributed by atoms with Gasteiger partial charge in [0.05, 0.1) is 31.1 Å². The summed E-state index contributed by atoms with van der Waals surface area (Å²) in [7, 11) is 0. The Morgan fingerprint density at radius 1 is 1.11 bits per heavy atom. The van der Waals surface area contributed by atoms with Gasteiger partial charge in [-0.15, -0.1) is 0 Å². The second-order valence-corrected chi connectivity index (χ2v) is 10.0. The van der Waals surface area contributed by atoms with Crippen LogP contribution in [0, 0.1) is 0 Å². The molecule has 0 aliphatic carbocycles. The Kier molecular flexibility index (Phi) is 7.06. The minimum atomic E-state index is -0.930. The van der Waals surface area contributed by atoms with E-state index in [0.29, 0.717) is 17.0 Å². The molecule has 2 aromatic rings. The maximum atomic E-state index is 13.2. The molecule has 0 spiro atoms. The quantitative estimate of drug-likeness (QED) is 0.597. The monoisotopic (exact) mass is 490 g/mol. The highest BCUT2D eigenvalue weighted by molar-refractivity contribution is 5.98. The lowest BCUT2D eigenvalue weighted by Gasteiger charge is -2.19. The molecule has 190 valence electrons. The number of hydrogen-bond donors (Lipinski definition) is 2. The number of fused-ring (bicyclic) bond motifs is 1. The van der Waals surface area contributed by atoms with E-state index in [1.807, 2.05) is 0 Å².